The molecule has 6 nitrogen and oxygen atoms in total. The van der Waals surface area contributed by atoms with Crippen molar-refractivity contribution in [2.45, 2.75) is 38.6 Å². The summed E-state index contributed by atoms with van der Waals surface area (Å²) in [5.74, 6) is -0.0746. The Bertz CT molecular complexity index is 579. The van der Waals surface area contributed by atoms with Crippen molar-refractivity contribution in [1.82, 2.24) is 15.2 Å². The third-order valence-corrected chi connectivity index (χ3v) is 5.06. The van der Waals surface area contributed by atoms with Gasteiger partial charge >= 0.3 is 0 Å². The van der Waals surface area contributed by atoms with Crippen LogP contribution in [0.2, 0.25) is 0 Å². The van der Waals surface area contributed by atoms with Crippen molar-refractivity contribution in [3.05, 3.63) is 24.0 Å². The van der Waals surface area contributed by atoms with Gasteiger partial charge in [-0.25, -0.2) is 4.98 Å². The molecule has 0 aliphatic carbocycles. The molecule has 1 amide bonds. The van der Waals surface area contributed by atoms with Gasteiger partial charge in [0.15, 0.2) is 5.69 Å². The Hall–Kier alpha value is -1.66. The molecule has 2 aliphatic heterocycles. The normalized spacial score (nSPS) is 19.2. The highest BCUT2D eigenvalue weighted by atomic mass is 16.5. The summed E-state index contributed by atoms with van der Waals surface area (Å²) in [5.41, 5.74) is 1.24. The van der Waals surface area contributed by atoms with Crippen molar-refractivity contribution in [1.29, 1.82) is 0 Å². The first-order valence-corrected chi connectivity index (χ1v) is 9.38. The summed E-state index contributed by atoms with van der Waals surface area (Å²) < 4.78 is 5.39. The van der Waals surface area contributed by atoms with E-state index in [2.05, 4.69) is 33.9 Å². The predicted octanol–water partition coefficient (Wildman–Crippen LogP) is 1.91. The van der Waals surface area contributed by atoms with Crippen LogP contribution in [0.3, 0.4) is 0 Å². The van der Waals surface area contributed by atoms with Crippen LogP contribution in [0, 0.1) is 0 Å². The first-order chi connectivity index (χ1) is 12.1. The van der Waals surface area contributed by atoms with E-state index in [4.69, 9.17) is 4.74 Å². The fourth-order valence-corrected chi connectivity index (χ4v) is 3.48. The number of hydrogen-bond acceptors (Lipinski definition) is 5. The average molecular weight is 346 g/mol. The Morgan fingerprint density at radius 2 is 1.96 bits per heavy atom. The van der Waals surface area contributed by atoms with E-state index >= 15 is 0 Å². The smallest absolute Gasteiger partial charge is 0.272 e. The second-order valence-corrected chi connectivity index (χ2v) is 7.61. The third kappa shape index (κ3) is 4.92. The van der Waals surface area contributed by atoms with Crippen molar-refractivity contribution in [2.75, 3.05) is 50.8 Å². The minimum absolute atomic E-state index is 0.0746. The molecule has 1 N–H and O–H groups in total. The largest absolute Gasteiger partial charge is 0.379 e. The summed E-state index contributed by atoms with van der Waals surface area (Å²) in [5, 5.41) is 3.19. The molecule has 3 rings (SSSR count). The number of nitrogens with one attached hydrogen (secondary N) is 1. The molecule has 1 aromatic rings. The molecule has 0 unspecified atom stereocenters. The number of pyridine rings is 1. The zero-order valence-electron chi connectivity index (χ0n) is 15.5. The number of carbonyl (C=O) groups excluding carboxylic acids is 1. The molecule has 25 heavy (non-hydrogen) atoms. The van der Waals surface area contributed by atoms with Crippen LogP contribution in [0.15, 0.2) is 18.3 Å². The number of hydrogen-bond donors (Lipinski definition) is 1. The number of nitrogens with zero attached hydrogens (tertiary/aromatic N) is 3. The summed E-state index contributed by atoms with van der Waals surface area (Å²) in [4.78, 5) is 21.9. The van der Waals surface area contributed by atoms with Gasteiger partial charge in [0.2, 0.25) is 0 Å². The van der Waals surface area contributed by atoms with E-state index in [1.54, 1.807) is 6.20 Å². The van der Waals surface area contributed by atoms with E-state index in [9.17, 15) is 4.79 Å². The van der Waals surface area contributed by atoms with Crippen LogP contribution in [0.1, 0.15) is 43.6 Å². The molecule has 1 aromatic heterocycles. The van der Waals surface area contributed by atoms with E-state index in [0.717, 1.165) is 58.0 Å². The van der Waals surface area contributed by atoms with Gasteiger partial charge in [0.25, 0.3) is 5.91 Å². The van der Waals surface area contributed by atoms with E-state index < -0.39 is 0 Å². The van der Waals surface area contributed by atoms with E-state index in [1.807, 2.05) is 12.1 Å². The Kier molecular flexibility index (Phi) is 5.91. The Morgan fingerprint density at radius 3 is 2.68 bits per heavy atom. The van der Waals surface area contributed by atoms with Gasteiger partial charge in [-0.1, -0.05) is 0 Å². The monoisotopic (exact) mass is 346 g/mol. The Morgan fingerprint density at radius 1 is 1.24 bits per heavy atom. The van der Waals surface area contributed by atoms with Crippen molar-refractivity contribution >= 4 is 11.6 Å². The summed E-state index contributed by atoms with van der Waals surface area (Å²) in [6, 6.07) is 3.92. The molecule has 2 saturated heterocycles. The molecule has 6 heteroatoms. The molecule has 0 aromatic carbocycles. The summed E-state index contributed by atoms with van der Waals surface area (Å²) in [6.07, 6.45) is 4.97. The van der Waals surface area contributed by atoms with E-state index in [-0.39, 0.29) is 11.4 Å². The van der Waals surface area contributed by atoms with Gasteiger partial charge in [-0.2, -0.15) is 0 Å². The van der Waals surface area contributed by atoms with Crippen molar-refractivity contribution < 1.29 is 9.53 Å². The minimum Gasteiger partial charge on any atom is -0.379 e. The van der Waals surface area contributed by atoms with Crippen LogP contribution in [0.5, 0.6) is 0 Å². The van der Waals surface area contributed by atoms with Crippen LogP contribution in [-0.4, -0.2) is 67.3 Å². The molecule has 0 spiro atoms. The molecule has 0 saturated carbocycles. The predicted molar refractivity (Wildman–Crippen MR) is 99.1 cm³/mol. The van der Waals surface area contributed by atoms with E-state index in [1.165, 1.54) is 12.8 Å². The van der Waals surface area contributed by atoms with Gasteiger partial charge in [0.1, 0.15) is 0 Å². The quantitative estimate of drug-likeness (QED) is 0.853. The zero-order chi connectivity index (χ0) is 17.7. The SMILES string of the molecule is CC(C)(CCN1CCOCC1)NC(=O)c1ncccc1N1CCCC1. The highest BCUT2D eigenvalue weighted by Gasteiger charge is 2.26. The van der Waals surface area contributed by atoms with Gasteiger partial charge in [0, 0.05) is 44.5 Å². The van der Waals surface area contributed by atoms with Crippen LogP contribution in [0.25, 0.3) is 0 Å². The molecule has 0 bridgehead atoms. The lowest BCUT2D eigenvalue weighted by molar-refractivity contribution is 0.0341. The summed E-state index contributed by atoms with van der Waals surface area (Å²) in [6.45, 7) is 10.7. The lowest BCUT2D eigenvalue weighted by Gasteiger charge is -2.32. The van der Waals surface area contributed by atoms with E-state index in [0.29, 0.717) is 5.69 Å². The number of carbonyl (C=O) groups is 1. The number of ether oxygens (including phenoxy) is 1. The van der Waals surface area contributed by atoms with Crippen LogP contribution in [-0.2, 0) is 4.74 Å². The number of aromatic nitrogens is 1. The maximum absolute atomic E-state index is 12.9. The van der Waals surface area contributed by atoms with Gasteiger partial charge in [-0.3, -0.25) is 9.69 Å². The number of amides is 1. The zero-order valence-corrected chi connectivity index (χ0v) is 15.5. The number of anilines is 1. The molecule has 0 radical (unpaired) electrons. The van der Waals surface area contributed by atoms with Crippen molar-refractivity contribution in [3.63, 3.8) is 0 Å². The Labute approximate surface area is 150 Å². The molecule has 138 valence electrons. The van der Waals surface area contributed by atoms with Crippen LogP contribution < -0.4 is 10.2 Å². The van der Waals surface area contributed by atoms with Crippen molar-refractivity contribution in [2.24, 2.45) is 0 Å². The third-order valence-electron chi connectivity index (χ3n) is 5.06. The fraction of sp³-hybridized carbons (Fsp3) is 0.684. The maximum Gasteiger partial charge on any atom is 0.272 e. The van der Waals surface area contributed by atoms with Gasteiger partial charge < -0.3 is 15.0 Å². The fourth-order valence-electron chi connectivity index (χ4n) is 3.48. The number of rotatable bonds is 6. The van der Waals surface area contributed by atoms with Gasteiger partial charge in [-0.05, 0) is 45.2 Å². The summed E-state index contributed by atoms with van der Waals surface area (Å²) in [7, 11) is 0. The molecular formula is C19H30N4O2. The average Bonchev–Trinajstić information content (AvgIpc) is 3.15. The lowest BCUT2D eigenvalue weighted by Crippen LogP contribution is -2.47. The highest BCUT2D eigenvalue weighted by molar-refractivity contribution is 5.98. The first kappa shape index (κ1) is 18.1. The molecule has 2 fully saturated rings. The molecular weight excluding hydrogens is 316 g/mol. The van der Waals surface area contributed by atoms with Gasteiger partial charge in [-0.15, -0.1) is 0 Å². The van der Waals surface area contributed by atoms with Crippen LogP contribution >= 0.6 is 0 Å². The van der Waals surface area contributed by atoms with Crippen molar-refractivity contribution in [3.8, 4) is 0 Å². The minimum atomic E-state index is -0.269. The topological polar surface area (TPSA) is 57.7 Å². The van der Waals surface area contributed by atoms with Crippen LogP contribution in [0.4, 0.5) is 5.69 Å². The summed E-state index contributed by atoms with van der Waals surface area (Å²) >= 11 is 0. The van der Waals surface area contributed by atoms with Gasteiger partial charge in [0.05, 0.1) is 18.9 Å². The molecule has 2 aliphatic rings. The first-order valence-electron chi connectivity index (χ1n) is 9.38. The molecule has 3 heterocycles. The standard InChI is InChI=1S/C19H30N4O2/c1-19(2,7-11-22-12-14-25-15-13-22)21-18(24)17-16(6-5-8-20-17)23-9-3-4-10-23/h5-6,8H,3-4,7,9-15H2,1-2H3,(H,21,24). The lowest BCUT2D eigenvalue weighted by atomic mass is 9.99. The number of morpholine rings is 1. The second kappa shape index (κ2) is 8.15. The highest BCUT2D eigenvalue weighted by Crippen LogP contribution is 2.23. The Balaban J connectivity index is 1.60. The maximum atomic E-state index is 12.9. The molecule has 0 atom stereocenters. The second-order valence-electron chi connectivity index (χ2n) is 7.61.